The Morgan fingerprint density at radius 3 is 2.64 bits per heavy atom. The van der Waals surface area contributed by atoms with Crippen LogP contribution in [-0.2, 0) is 11.3 Å². The topological polar surface area (TPSA) is 70.2 Å². The summed E-state index contributed by atoms with van der Waals surface area (Å²) in [6, 6.07) is 5.07. The van der Waals surface area contributed by atoms with Crippen LogP contribution in [0.2, 0.25) is 0 Å². The Morgan fingerprint density at radius 2 is 1.92 bits per heavy atom. The van der Waals surface area contributed by atoms with Gasteiger partial charge in [-0.1, -0.05) is 31.4 Å². The minimum absolute atomic E-state index is 0.101. The molecule has 3 N–H and O–H groups in total. The number of carbonyl (C=O) groups excluding carboxylic acids is 2. The fourth-order valence-corrected chi connectivity index (χ4v) is 2.97. The average Bonchev–Trinajstić information content (AvgIpc) is 2.60. The summed E-state index contributed by atoms with van der Waals surface area (Å²) >= 11 is 0. The molecule has 0 atom stereocenters. The quantitative estimate of drug-likeness (QED) is 0.662. The molecule has 0 unspecified atom stereocenters. The highest BCUT2D eigenvalue weighted by atomic mass is 19.1. The minimum Gasteiger partial charge on any atom is -0.352 e. The van der Waals surface area contributed by atoms with Crippen molar-refractivity contribution in [2.75, 3.05) is 6.54 Å². The molecule has 3 amide bonds. The predicted octanol–water partition coefficient (Wildman–Crippen LogP) is 3.16. The molecule has 0 bridgehead atoms. The Balaban J connectivity index is 1.55. The molecule has 1 aromatic carbocycles. The molecule has 0 spiro atoms. The molecule has 1 aromatic rings. The highest BCUT2D eigenvalue weighted by Gasteiger charge is 2.15. The van der Waals surface area contributed by atoms with Gasteiger partial charge in [-0.2, -0.15) is 0 Å². The summed E-state index contributed by atoms with van der Waals surface area (Å²) in [5.41, 5.74) is 1.33. The van der Waals surface area contributed by atoms with Crippen molar-refractivity contribution in [2.45, 2.75) is 64.5 Å². The Bertz CT molecular complexity index is 586. The van der Waals surface area contributed by atoms with Crippen LogP contribution in [-0.4, -0.2) is 24.5 Å². The first-order chi connectivity index (χ1) is 12.0. The summed E-state index contributed by atoms with van der Waals surface area (Å²) in [4.78, 5) is 23.6. The Morgan fingerprint density at radius 1 is 1.16 bits per heavy atom. The largest absolute Gasteiger partial charge is 0.352 e. The molecule has 1 saturated carbocycles. The number of amides is 3. The summed E-state index contributed by atoms with van der Waals surface area (Å²) in [5, 5.41) is 8.54. The number of hydrogen-bond acceptors (Lipinski definition) is 2. The predicted molar refractivity (Wildman–Crippen MR) is 95.6 cm³/mol. The first kappa shape index (κ1) is 19.2. The van der Waals surface area contributed by atoms with Crippen molar-refractivity contribution >= 4 is 11.9 Å². The van der Waals surface area contributed by atoms with Gasteiger partial charge in [0.1, 0.15) is 5.82 Å². The zero-order chi connectivity index (χ0) is 18.1. The first-order valence-corrected chi connectivity index (χ1v) is 9.10. The van der Waals surface area contributed by atoms with Crippen LogP contribution in [0.15, 0.2) is 18.2 Å². The van der Waals surface area contributed by atoms with E-state index in [0.29, 0.717) is 31.5 Å². The molecule has 0 heterocycles. The maximum absolute atomic E-state index is 13.4. The average molecular weight is 349 g/mol. The Labute approximate surface area is 148 Å². The lowest BCUT2D eigenvalue weighted by Gasteiger charge is -2.22. The van der Waals surface area contributed by atoms with Gasteiger partial charge in [-0.25, -0.2) is 9.18 Å². The van der Waals surface area contributed by atoms with Gasteiger partial charge >= 0.3 is 6.03 Å². The van der Waals surface area contributed by atoms with Crippen LogP contribution in [0.1, 0.15) is 56.1 Å². The standard InChI is InChI=1S/C19H28FN3O2/c1-14-9-10-15(12-17(14)20)13-22-18(24)8-5-11-21-19(25)23-16-6-3-2-4-7-16/h9-10,12,16H,2-8,11,13H2,1H3,(H,22,24)(H2,21,23,25). The van der Waals surface area contributed by atoms with Gasteiger partial charge in [-0.05, 0) is 43.4 Å². The van der Waals surface area contributed by atoms with E-state index >= 15 is 0 Å². The van der Waals surface area contributed by atoms with E-state index in [2.05, 4.69) is 16.0 Å². The fraction of sp³-hybridized carbons (Fsp3) is 0.579. The van der Waals surface area contributed by atoms with Gasteiger partial charge in [0.15, 0.2) is 0 Å². The number of rotatable bonds is 7. The van der Waals surface area contributed by atoms with Crippen molar-refractivity contribution in [3.8, 4) is 0 Å². The monoisotopic (exact) mass is 349 g/mol. The molecule has 0 radical (unpaired) electrons. The molecule has 138 valence electrons. The molecule has 1 aliphatic carbocycles. The molecule has 5 nitrogen and oxygen atoms in total. The molecule has 0 saturated heterocycles. The third-order valence-electron chi connectivity index (χ3n) is 4.53. The van der Waals surface area contributed by atoms with E-state index in [1.807, 2.05) is 0 Å². The first-order valence-electron chi connectivity index (χ1n) is 9.10. The second kappa shape index (κ2) is 10.0. The van der Waals surface area contributed by atoms with E-state index < -0.39 is 0 Å². The molecule has 2 rings (SSSR count). The SMILES string of the molecule is Cc1ccc(CNC(=O)CCCNC(=O)NC2CCCCC2)cc1F. The van der Waals surface area contributed by atoms with E-state index in [-0.39, 0.29) is 23.8 Å². The van der Waals surface area contributed by atoms with E-state index in [1.165, 1.54) is 25.3 Å². The molecular weight excluding hydrogens is 321 g/mol. The van der Waals surface area contributed by atoms with Gasteiger partial charge < -0.3 is 16.0 Å². The third kappa shape index (κ3) is 7.11. The van der Waals surface area contributed by atoms with Crippen molar-refractivity contribution in [1.82, 2.24) is 16.0 Å². The maximum Gasteiger partial charge on any atom is 0.315 e. The fourth-order valence-electron chi connectivity index (χ4n) is 2.97. The zero-order valence-electron chi connectivity index (χ0n) is 14.9. The summed E-state index contributed by atoms with van der Waals surface area (Å²) in [6.07, 6.45) is 6.62. The number of carbonyl (C=O) groups is 2. The van der Waals surface area contributed by atoms with Crippen molar-refractivity contribution in [3.05, 3.63) is 35.1 Å². The van der Waals surface area contributed by atoms with Crippen molar-refractivity contribution < 1.29 is 14.0 Å². The lowest BCUT2D eigenvalue weighted by molar-refractivity contribution is -0.121. The number of hydrogen-bond donors (Lipinski definition) is 3. The van der Waals surface area contributed by atoms with Crippen LogP contribution in [0.25, 0.3) is 0 Å². The lowest BCUT2D eigenvalue weighted by Crippen LogP contribution is -2.43. The van der Waals surface area contributed by atoms with Crippen LogP contribution in [0.4, 0.5) is 9.18 Å². The molecule has 0 aromatic heterocycles. The molecule has 25 heavy (non-hydrogen) atoms. The molecule has 0 aliphatic heterocycles. The summed E-state index contributed by atoms with van der Waals surface area (Å²) in [5.74, 6) is -0.365. The second-order valence-corrected chi connectivity index (χ2v) is 6.70. The number of benzene rings is 1. The van der Waals surface area contributed by atoms with Gasteiger partial charge in [0.25, 0.3) is 0 Å². The van der Waals surface area contributed by atoms with E-state index in [1.54, 1.807) is 19.1 Å². The normalized spacial score (nSPS) is 14.8. The zero-order valence-corrected chi connectivity index (χ0v) is 14.9. The summed E-state index contributed by atoms with van der Waals surface area (Å²) in [6.45, 7) is 2.48. The van der Waals surface area contributed by atoms with Gasteiger partial charge in [-0.3, -0.25) is 4.79 Å². The van der Waals surface area contributed by atoms with Crippen molar-refractivity contribution in [2.24, 2.45) is 0 Å². The third-order valence-corrected chi connectivity index (χ3v) is 4.53. The molecular formula is C19H28FN3O2. The molecule has 6 heteroatoms. The van der Waals surface area contributed by atoms with Gasteiger partial charge in [0.2, 0.25) is 5.91 Å². The summed E-state index contributed by atoms with van der Waals surface area (Å²) < 4.78 is 13.4. The second-order valence-electron chi connectivity index (χ2n) is 6.70. The molecule has 1 aliphatic rings. The van der Waals surface area contributed by atoms with Crippen LogP contribution in [0, 0.1) is 12.7 Å². The number of nitrogens with one attached hydrogen (secondary N) is 3. The Kier molecular flexibility index (Phi) is 7.70. The van der Waals surface area contributed by atoms with Crippen LogP contribution >= 0.6 is 0 Å². The minimum atomic E-state index is -0.264. The van der Waals surface area contributed by atoms with Crippen LogP contribution in [0.3, 0.4) is 0 Å². The highest BCUT2D eigenvalue weighted by molar-refractivity contribution is 5.76. The van der Waals surface area contributed by atoms with Crippen molar-refractivity contribution in [1.29, 1.82) is 0 Å². The van der Waals surface area contributed by atoms with Crippen molar-refractivity contribution in [3.63, 3.8) is 0 Å². The van der Waals surface area contributed by atoms with Gasteiger partial charge in [-0.15, -0.1) is 0 Å². The van der Waals surface area contributed by atoms with Gasteiger partial charge in [0.05, 0.1) is 0 Å². The van der Waals surface area contributed by atoms with Gasteiger partial charge in [0, 0.05) is 25.6 Å². The number of aryl methyl sites for hydroxylation is 1. The van der Waals surface area contributed by atoms with E-state index in [0.717, 1.165) is 18.4 Å². The van der Waals surface area contributed by atoms with Crippen LogP contribution < -0.4 is 16.0 Å². The maximum atomic E-state index is 13.4. The molecule has 1 fully saturated rings. The van der Waals surface area contributed by atoms with E-state index in [4.69, 9.17) is 0 Å². The van der Waals surface area contributed by atoms with E-state index in [9.17, 15) is 14.0 Å². The Hall–Kier alpha value is -2.11. The lowest BCUT2D eigenvalue weighted by atomic mass is 9.96. The highest BCUT2D eigenvalue weighted by Crippen LogP contribution is 2.17. The smallest absolute Gasteiger partial charge is 0.315 e. The van der Waals surface area contributed by atoms with Crippen LogP contribution in [0.5, 0.6) is 0 Å². The number of urea groups is 1. The number of halogens is 1. The summed E-state index contributed by atoms with van der Waals surface area (Å²) in [7, 11) is 0.